The molecule has 0 radical (unpaired) electrons. The minimum atomic E-state index is -0.214. The normalized spacial score (nSPS) is 15.8. The SMILES string of the molecule is O=C1/C(=C/c2cc(Cl)cc3c2OCOC3)Oc2cc(OCc3ccccc3Cl)ccc21. The van der Waals surface area contributed by atoms with E-state index in [0.29, 0.717) is 51.6 Å². The summed E-state index contributed by atoms with van der Waals surface area (Å²) in [6, 6.07) is 16.1. The lowest BCUT2D eigenvalue weighted by molar-refractivity contribution is -0.0165. The van der Waals surface area contributed by atoms with Gasteiger partial charge < -0.3 is 18.9 Å². The Hall–Kier alpha value is -2.99. The molecule has 0 unspecified atom stereocenters. The number of carbonyl (C=O) groups is 1. The summed E-state index contributed by atoms with van der Waals surface area (Å²) in [6.45, 7) is 0.850. The maximum absolute atomic E-state index is 12.8. The number of ketones is 1. The highest BCUT2D eigenvalue weighted by Crippen LogP contribution is 2.38. The average molecular weight is 455 g/mol. The van der Waals surface area contributed by atoms with E-state index < -0.39 is 0 Å². The zero-order valence-corrected chi connectivity index (χ0v) is 17.7. The number of benzene rings is 3. The predicted octanol–water partition coefficient (Wildman–Crippen LogP) is 6.06. The summed E-state index contributed by atoms with van der Waals surface area (Å²) in [4.78, 5) is 12.8. The van der Waals surface area contributed by atoms with Crippen LogP contribution in [-0.4, -0.2) is 12.6 Å². The second-order valence-corrected chi connectivity index (χ2v) is 7.92. The molecule has 0 saturated heterocycles. The summed E-state index contributed by atoms with van der Waals surface area (Å²) in [5.41, 5.74) is 2.83. The smallest absolute Gasteiger partial charge is 0.231 e. The summed E-state index contributed by atoms with van der Waals surface area (Å²) in [5, 5.41) is 1.16. The lowest BCUT2D eigenvalue weighted by Crippen LogP contribution is -2.12. The highest BCUT2D eigenvalue weighted by molar-refractivity contribution is 6.31. The fraction of sp³-hybridized carbons (Fsp3) is 0.125. The van der Waals surface area contributed by atoms with E-state index in [-0.39, 0.29) is 18.3 Å². The predicted molar refractivity (Wildman–Crippen MR) is 117 cm³/mol. The molecule has 156 valence electrons. The van der Waals surface area contributed by atoms with E-state index in [0.717, 1.165) is 11.1 Å². The van der Waals surface area contributed by atoms with Gasteiger partial charge >= 0.3 is 0 Å². The zero-order chi connectivity index (χ0) is 21.4. The highest BCUT2D eigenvalue weighted by Gasteiger charge is 2.28. The first-order valence-corrected chi connectivity index (χ1v) is 10.3. The second kappa shape index (κ2) is 8.27. The molecule has 0 bridgehead atoms. The van der Waals surface area contributed by atoms with Crippen molar-refractivity contribution in [2.75, 3.05) is 6.79 Å². The quantitative estimate of drug-likeness (QED) is 0.448. The number of carbonyl (C=O) groups excluding carboxylic acids is 1. The van der Waals surface area contributed by atoms with Gasteiger partial charge in [0, 0.05) is 32.8 Å². The van der Waals surface area contributed by atoms with Crippen molar-refractivity contribution in [3.8, 4) is 17.2 Å². The van der Waals surface area contributed by atoms with E-state index in [1.54, 1.807) is 36.4 Å². The third-order valence-corrected chi connectivity index (χ3v) is 5.57. The molecule has 7 heteroatoms. The van der Waals surface area contributed by atoms with E-state index >= 15 is 0 Å². The third-order valence-electron chi connectivity index (χ3n) is 4.98. The number of Topliss-reactive ketones (excluding diaryl/α,β-unsaturated/α-hetero) is 1. The molecule has 2 aliphatic heterocycles. The number of halogens is 2. The van der Waals surface area contributed by atoms with Gasteiger partial charge in [-0.2, -0.15) is 0 Å². The molecule has 5 nitrogen and oxygen atoms in total. The molecule has 0 aliphatic carbocycles. The Balaban J connectivity index is 1.39. The molecule has 31 heavy (non-hydrogen) atoms. The molecule has 0 atom stereocenters. The van der Waals surface area contributed by atoms with E-state index in [4.69, 9.17) is 42.1 Å². The van der Waals surface area contributed by atoms with Crippen molar-refractivity contribution in [3.05, 3.63) is 92.7 Å². The molecule has 2 aliphatic rings. The Morgan fingerprint density at radius 2 is 1.94 bits per heavy atom. The Morgan fingerprint density at radius 1 is 1.06 bits per heavy atom. The van der Waals surface area contributed by atoms with Crippen LogP contribution < -0.4 is 14.2 Å². The number of allylic oxidation sites excluding steroid dienone is 1. The number of ether oxygens (including phenoxy) is 4. The van der Waals surface area contributed by atoms with Crippen LogP contribution >= 0.6 is 23.2 Å². The van der Waals surface area contributed by atoms with Gasteiger partial charge in [0.2, 0.25) is 5.78 Å². The van der Waals surface area contributed by atoms with Gasteiger partial charge in [-0.15, -0.1) is 0 Å². The van der Waals surface area contributed by atoms with Gasteiger partial charge in [-0.1, -0.05) is 41.4 Å². The lowest BCUT2D eigenvalue weighted by Gasteiger charge is -2.20. The molecule has 0 aromatic heterocycles. The minimum absolute atomic E-state index is 0.145. The monoisotopic (exact) mass is 454 g/mol. The number of hydrogen-bond donors (Lipinski definition) is 0. The lowest BCUT2D eigenvalue weighted by atomic mass is 10.1. The molecule has 3 aromatic rings. The van der Waals surface area contributed by atoms with Crippen LogP contribution in [0.3, 0.4) is 0 Å². The van der Waals surface area contributed by atoms with Gasteiger partial charge in [-0.05, 0) is 36.4 Å². The van der Waals surface area contributed by atoms with Crippen LogP contribution in [0.25, 0.3) is 6.08 Å². The summed E-state index contributed by atoms with van der Waals surface area (Å²) in [6.07, 6.45) is 1.64. The first-order chi connectivity index (χ1) is 15.1. The first-order valence-electron chi connectivity index (χ1n) is 9.56. The van der Waals surface area contributed by atoms with Crippen molar-refractivity contribution >= 4 is 35.1 Å². The van der Waals surface area contributed by atoms with E-state index in [2.05, 4.69) is 0 Å². The second-order valence-electron chi connectivity index (χ2n) is 7.07. The van der Waals surface area contributed by atoms with Crippen LogP contribution in [0.15, 0.2) is 60.4 Å². The van der Waals surface area contributed by atoms with E-state index in [9.17, 15) is 4.79 Å². The van der Waals surface area contributed by atoms with Gasteiger partial charge in [0.25, 0.3) is 0 Å². The van der Waals surface area contributed by atoms with Crippen LogP contribution in [0.2, 0.25) is 10.0 Å². The van der Waals surface area contributed by atoms with E-state index in [1.165, 1.54) is 0 Å². The van der Waals surface area contributed by atoms with Gasteiger partial charge in [-0.3, -0.25) is 4.79 Å². The van der Waals surface area contributed by atoms with Crippen LogP contribution in [0.4, 0.5) is 0 Å². The molecular formula is C24H16Cl2O5. The van der Waals surface area contributed by atoms with Crippen molar-refractivity contribution in [2.45, 2.75) is 13.2 Å². The van der Waals surface area contributed by atoms with Crippen molar-refractivity contribution in [2.24, 2.45) is 0 Å². The fourth-order valence-electron chi connectivity index (χ4n) is 3.49. The minimum Gasteiger partial charge on any atom is -0.489 e. The standard InChI is InChI=1S/C24H16Cl2O5/c25-17-7-15(24-16(8-17)11-28-13-30-24)9-22-23(27)19-6-5-18(10-21(19)31-22)29-12-14-3-1-2-4-20(14)26/h1-10H,11-13H2/b22-9-. The summed E-state index contributed by atoms with van der Waals surface area (Å²) in [7, 11) is 0. The van der Waals surface area contributed by atoms with E-state index in [1.807, 2.05) is 24.3 Å². The number of hydrogen-bond acceptors (Lipinski definition) is 5. The summed E-state index contributed by atoms with van der Waals surface area (Å²) >= 11 is 12.4. The molecule has 0 spiro atoms. The topological polar surface area (TPSA) is 54.0 Å². The summed E-state index contributed by atoms with van der Waals surface area (Å²) in [5.74, 6) is 1.63. The third kappa shape index (κ3) is 4.00. The molecule has 0 fully saturated rings. The average Bonchev–Trinajstić information content (AvgIpc) is 3.07. The van der Waals surface area contributed by atoms with Crippen LogP contribution in [-0.2, 0) is 18.0 Å². The highest BCUT2D eigenvalue weighted by atomic mass is 35.5. The molecule has 3 aromatic carbocycles. The molecule has 2 heterocycles. The van der Waals surface area contributed by atoms with Gasteiger partial charge in [-0.25, -0.2) is 0 Å². The van der Waals surface area contributed by atoms with Crippen LogP contribution in [0.1, 0.15) is 27.0 Å². The Bertz CT molecular complexity index is 1220. The summed E-state index contributed by atoms with van der Waals surface area (Å²) < 4.78 is 22.6. The van der Waals surface area contributed by atoms with Crippen molar-refractivity contribution < 1.29 is 23.7 Å². The van der Waals surface area contributed by atoms with Gasteiger partial charge in [0.05, 0.1) is 12.2 Å². The Kier molecular flexibility index (Phi) is 5.32. The van der Waals surface area contributed by atoms with Crippen LogP contribution in [0.5, 0.6) is 17.2 Å². The number of fused-ring (bicyclic) bond motifs is 2. The Morgan fingerprint density at radius 3 is 2.81 bits per heavy atom. The maximum Gasteiger partial charge on any atom is 0.231 e. The molecule has 0 N–H and O–H groups in total. The maximum atomic E-state index is 12.8. The molecule has 5 rings (SSSR count). The fourth-order valence-corrected chi connectivity index (χ4v) is 3.93. The Labute approximate surface area is 188 Å². The van der Waals surface area contributed by atoms with Crippen molar-refractivity contribution in [1.82, 2.24) is 0 Å². The van der Waals surface area contributed by atoms with Crippen LogP contribution in [0, 0.1) is 0 Å². The zero-order valence-electron chi connectivity index (χ0n) is 16.2. The number of rotatable bonds is 4. The largest absolute Gasteiger partial charge is 0.489 e. The molecule has 0 saturated carbocycles. The van der Waals surface area contributed by atoms with Gasteiger partial charge in [0.1, 0.15) is 23.9 Å². The molecular weight excluding hydrogens is 439 g/mol. The van der Waals surface area contributed by atoms with Crippen molar-refractivity contribution in [3.63, 3.8) is 0 Å². The molecule has 0 amide bonds. The van der Waals surface area contributed by atoms with Gasteiger partial charge in [0.15, 0.2) is 12.6 Å². The first kappa shape index (κ1) is 19.9. The van der Waals surface area contributed by atoms with Crippen molar-refractivity contribution in [1.29, 1.82) is 0 Å².